The molecule has 0 spiro atoms. The third-order valence-corrected chi connectivity index (χ3v) is 3.89. The number of amides is 1. The van der Waals surface area contributed by atoms with Crippen LogP contribution in [0.5, 0.6) is 0 Å². The molecule has 0 bridgehead atoms. The number of aliphatic hydroxyl groups is 1. The summed E-state index contributed by atoms with van der Waals surface area (Å²) in [6.45, 7) is 5.06. The first-order valence-electron chi connectivity index (χ1n) is 8.76. The molecular weight excluding hydrogens is 386 g/mol. The van der Waals surface area contributed by atoms with Crippen LogP contribution in [0.1, 0.15) is 31.1 Å². The molecule has 1 aromatic rings. The van der Waals surface area contributed by atoms with Crippen LogP contribution in [-0.4, -0.2) is 64.1 Å². The Balaban J connectivity index is 3.22. The number of nitrogens with zero attached hydrogens (tertiary/aromatic N) is 4. The maximum atomic E-state index is 12.6. The van der Waals surface area contributed by atoms with Crippen LogP contribution < -0.4 is 10.4 Å². The Bertz CT molecular complexity index is 788. The van der Waals surface area contributed by atoms with Crippen molar-refractivity contribution in [3.8, 4) is 0 Å². The number of nitro groups is 2. The van der Waals surface area contributed by atoms with Gasteiger partial charge in [0.2, 0.25) is 0 Å². The number of carbonyl (C=O) groups excluding carboxylic acids is 1. The average molecular weight is 411 g/mol. The summed E-state index contributed by atoms with van der Waals surface area (Å²) < 4.78 is -0.169. The monoisotopic (exact) mass is 411 g/mol. The van der Waals surface area contributed by atoms with E-state index in [1.807, 2.05) is 0 Å². The number of benzene rings is 1. The minimum atomic E-state index is -1.06. The fourth-order valence-corrected chi connectivity index (χ4v) is 2.69. The lowest BCUT2D eigenvalue weighted by atomic mass is 10.0. The molecule has 0 aromatic heterocycles. The number of hydrogen-bond donors (Lipinski definition) is 2. The highest BCUT2D eigenvalue weighted by atomic mass is 16.6. The number of nitrogens with one attached hydrogen (secondary N) is 1. The minimum absolute atomic E-state index is 0.168. The predicted octanol–water partition coefficient (Wildman–Crippen LogP) is 0.388. The van der Waals surface area contributed by atoms with Gasteiger partial charge in [0.1, 0.15) is 12.6 Å². The second-order valence-corrected chi connectivity index (χ2v) is 7.54. The quantitative estimate of drug-likeness (QED) is 0.194. The van der Waals surface area contributed by atoms with E-state index in [9.17, 15) is 35.2 Å². The van der Waals surface area contributed by atoms with E-state index in [0.717, 1.165) is 18.2 Å². The summed E-state index contributed by atoms with van der Waals surface area (Å²) in [6, 6.07) is 1.48. The standard InChI is InChI=1S/C17H25N5O7/c1-10(2)15(17(25)19-22(4,5)9-11(3)23)18-16(24)12-6-13(20(26)27)8-14(7-12)21(28)29/h6-8,10-11,15,23H,9H2,1-5H3,(H-,18,19,24,25). The van der Waals surface area contributed by atoms with Gasteiger partial charge in [-0.05, 0) is 12.8 Å². The van der Waals surface area contributed by atoms with Crippen LogP contribution in [-0.2, 0) is 0 Å². The number of likely N-dealkylation sites (N-methyl/N-ethyl adjacent to an activating group) is 1. The molecule has 2 N–H and O–H groups in total. The normalized spacial score (nSPS) is 14.4. The van der Waals surface area contributed by atoms with Crippen molar-refractivity contribution in [2.75, 3.05) is 20.6 Å². The second kappa shape index (κ2) is 9.39. The van der Waals surface area contributed by atoms with Crippen molar-refractivity contribution < 1.29 is 29.4 Å². The molecule has 0 radical (unpaired) electrons. The Morgan fingerprint density at radius 2 is 1.62 bits per heavy atom. The molecule has 1 aromatic carbocycles. The first kappa shape index (κ1) is 23.9. The highest BCUT2D eigenvalue weighted by Gasteiger charge is 2.25. The molecule has 12 nitrogen and oxygen atoms in total. The highest BCUT2D eigenvalue weighted by molar-refractivity contribution is 5.98. The van der Waals surface area contributed by atoms with E-state index in [-0.39, 0.29) is 22.6 Å². The van der Waals surface area contributed by atoms with Gasteiger partial charge in [-0.15, -0.1) is 5.10 Å². The minimum Gasteiger partial charge on any atom is -0.857 e. The Morgan fingerprint density at radius 3 is 2.00 bits per heavy atom. The van der Waals surface area contributed by atoms with Gasteiger partial charge < -0.3 is 15.5 Å². The van der Waals surface area contributed by atoms with Crippen LogP contribution >= 0.6 is 0 Å². The summed E-state index contributed by atoms with van der Waals surface area (Å²) in [5, 5.41) is 50.6. The zero-order chi connectivity index (χ0) is 22.5. The number of aliphatic hydroxyl groups excluding tert-OH is 1. The third kappa shape index (κ3) is 7.08. The molecular formula is C17H25N5O7. The van der Waals surface area contributed by atoms with Gasteiger partial charge in [-0.2, -0.15) is 0 Å². The third-order valence-electron chi connectivity index (χ3n) is 3.89. The van der Waals surface area contributed by atoms with Crippen LogP contribution in [0.4, 0.5) is 11.4 Å². The van der Waals surface area contributed by atoms with Crippen LogP contribution in [0.2, 0.25) is 0 Å². The topological polar surface area (TPSA) is 171 Å². The molecule has 2 atom stereocenters. The molecule has 2 unspecified atom stereocenters. The molecule has 0 saturated heterocycles. The molecule has 0 aliphatic carbocycles. The molecule has 0 heterocycles. The summed E-state index contributed by atoms with van der Waals surface area (Å²) in [5.41, 5.74) is -1.55. The van der Waals surface area contributed by atoms with Crippen molar-refractivity contribution >= 4 is 23.2 Å². The summed E-state index contributed by atoms with van der Waals surface area (Å²) >= 11 is 0. The van der Waals surface area contributed by atoms with E-state index < -0.39 is 45.2 Å². The van der Waals surface area contributed by atoms with Crippen molar-refractivity contribution in [2.45, 2.75) is 32.9 Å². The molecule has 0 aliphatic rings. The van der Waals surface area contributed by atoms with Crippen molar-refractivity contribution in [3.63, 3.8) is 0 Å². The summed E-state index contributed by atoms with van der Waals surface area (Å²) in [7, 11) is 3.21. The highest BCUT2D eigenvalue weighted by Crippen LogP contribution is 2.23. The van der Waals surface area contributed by atoms with Gasteiger partial charge in [-0.25, -0.2) is 4.59 Å². The number of carbonyl (C=O) groups is 1. The lowest BCUT2D eigenvalue weighted by molar-refractivity contribution is -0.901. The van der Waals surface area contributed by atoms with Gasteiger partial charge >= 0.3 is 0 Å². The van der Waals surface area contributed by atoms with Crippen LogP contribution in [0.25, 0.3) is 0 Å². The van der Waals surface area contributed by atoms with Gasteiger partial charge in [0, 0.05) is 18.0 Å². The number of rotatable bonds is 9. The molecule has 0 aliphatic heterocycles. The van der Waals surface area contributed by atoms with E-state index in [2.05, 4.69) is 10.4 Å². The molecule has 1 amide bonds. The van der Waals surface area contributed by atoms with Crippen molar-refractivity contribution in [1.82, 2.24) is 5.32 Å². The van der Waals surface area contributed by atoms with Crippen molar-refractivity contribution in [1.29, 1.82) is 0 Å². The van der Waals surface area contributed by atoms with Gasteiger partial charge in [0.15, 0.2) is 0 Å². The van der Waals surface area contributed by atoms with E-state index >= 15 is 0 Å². The van der Waals surface area contributed by atoms with Gasteiger partial charge in [0.25, 0.3) is 17.3 Å². The van der Waals surface area contributed by atoms with Crippen LogP contribution in [0.3, 0.4) is 0 Å². The maximum Gasteiger partial charge on any atom is 0.277 e. The van der Waals surface area contributed by atoms with Gasteiger partial charge in [0.05, 0.1) is 41.6 Å². The molecule has 160 valence electrons. The number of hydrogen-bond acceptors (Lipinski definition) is 8. The second-order valence-electron chi connectivity index (χ2n) is 7.54. The maximum absolute atomic E-state index is 12.6. The summed E-state index contributed by atoms with van der Waals surface area (Å²) in [4.78, 5) is 32.9. The summed E-state index contributed by atoms with van der Waals surface area (Å²) in [5.74, 6) is -1.91. The first-order chi connectivity index (χ1) is 13.2. The largest absolute Gasteiger partial charge is 0.857 e. The summed E-state index contributed by atoms with van der Waals surface area (Å²) in [6.07, 6.45) is -0.709. The van der Waals surface area contributed by atoms with Crippen molar-refractivity contribution in [2.24, 2.45) is 11.0 Å². The Morgan fingerprint density at radius 1 is 1.14 bits per heavy atom. The first-order valence-corrected chi connectivity index (χ1v) is 8.76. The fourth-order valence-electron chi connectivity index (χ4n) is 2.69. The van der Waals surface area contributed by atoms with E-state index in [0.29, 0.717) is 0 Å². The fraction of sp³-hybridized carbons (Fsp3) is 0.529. The van der Waals surface area contributed by atoms with E-state index in [4.69, 9.17) is 0 Å². The van der Waals surface area contributed by atoms with Gasteiger partial charge in [-0.3, -0.25) is 25.0 Å². The molecule has 29 heavy (non-hydrogen) atoms. The molecule has 1 rings (SSSR count). The number of non-ortho nitro benzene ring substituents is 2. The van der Waals surface area contributed by atoms with Crippen LogP contribution in [0, 0.1) is 26.1 Å². The zero-order valence-electron chi connectivity index (χ0n) is 16.9. The van der Waals surface area contributed by atoms with Gasteiger partial charge in [-0.1, -0.05) is 13.8 Å². The number of nitro benzene ring substituents is 2. The van der Waals surface area contributed by atoms with Crippen LogP contribution in [0.15, 0.2) is 23.3 Å². The molecule has 12 heteroatoms. The van der Waals surface area contributed by atoms with E-state index in [1.165, 1.54) is 0 Å². The Kier molecular flexibility index (Phi) is 7.74. The smallest absolute Gasteiger partial charge is 0.277 e. The Hall–Kier alpha value is -3.12. The molecule has 0 saturated carbocycles. The lowest BCUT2D eigenvalue weighted by Gasteiger charge is -2.31. The number of quaternary nitrogens is 1. The molecule has 0 fully saturated rings. The zero-order valence-corrected chi connectivity index (χ0v) is 16.9. The lowest BCUT2D eigenvalue weighted by Crippen LogP contribution is -2.52. The Labute approximate surface area is 167 Å². The van der Waals surface area contributed by atoms with E-state index in [1.54, 1.807) is 34.9 Å². The average Bonchev–Trinajstić information content (AvgIpc) is 2.56. The SMILES string of the molecule is CC(O)C[N+](C)(C)/N=C(/[O-])C(NC(=O)c1cc([N+](=O)[O-])cc([N+](=O)[O-])c1)C(C)C. The van der Waals surface area contributed by atoms with Crippen molar-refractivity contribution in [3.05, 3.63) is 44.0 Å². The predicted molar refractivity (Wildman–Crippen MR) is 102 cm³/mol.